The van der Waals surface area contributed by atoms with Gasteiger partial charge in [0.2, 0.25) is 5.91 Å². The van der Waals surface area contributed by atoms with Crippen molar-refractivity contribution < 1.29 is 9.53 Å². The molecule has 4 nitrogen and oxygen atoms in total. The predicted molar refractivity (Wildman–Crippen MR) is 66.8 cm³/mol. The van der Waals surface area contributed by atoms with Crippen molar-refractivity contribution in [1.82, 2.24) is 0 Å². The molecule has 1 aromatic carbocycles. The maximum absolute atomic E-state index is 10.8. The Morgan fingerprint density at radius 3 is 2.76 bits per heavy atom. The van der Waals surface area contributed by atoms with Gasteiger partial charge in [-0.2, -0.15) is 0 Å². The molecule has 1 heterocycles. The molecule has 92 valence electrons. The quantitative estimate of drug-likeness (QED) is 0.825. The Morgan fingerprint density at radius 1 is 1.41 bits per heavy atom. The van der Waals surface area contributed by atoms with E-state index in [0.29, 0.717) is 12.5 Å². The Bertz CT molecular complexity index is 370. The molecule has 17 heavy (non-hydrogen) atoms. The minimum absolute atomic E-state index is 0.298. The molecule has 1 fully saturated rings. The summed E-state index contributed by atoms with van der Waals surface area (Å²) in [4.78, 5) is 10.8. The molecule has 0 saturated carbocycles. The van der Waals surface area contributed by atoms with Crippen LogP contribution in [0.1, 0.15) is 18.4 Å². The summed E-state index contributed by atoms with van der Waals surface area (Å²) in [5.41, 5.74) is 7.15. The first-order valence-corrected chi connectivity index (χ1v) is 5.95. The number of anilines is 1. The SMILES string of the molecule is NC(=O)Cc1ccc(NC2CCCOC2)cc1. The van der Waals surface area contributed by atoms with Crippen LogP contribution in [0, 0.1) is 0 Å². The Kier molecular flexibility index (Phi) is 3.98. The Morgan fingerprint density at radius 2 is 2.18 bits per heavy atom. The number of benzene rings is 1. The average molecular weight is 234 g/mol. The van der Waals surface area contributed by atoms with Gasteiger partial charge in [-0.05, 0) is 30.5 Å². The van der Waals surface area contributed by atoms with Gasteiger partial charge < -0.3 is 15.8 Å². The van der Waals surface area contributed by atoms with Gasteiger partial charge in [0.15, 0.2) is 0 Å². The monoisotopic (exact) mass is 234 g/mol. The second-order valence-electron chi connectivity index (χ2n) is 4.40. The number of carbonyl (C=O) groups excluding carboxylic acids is 1. The fraction of sp³-hybridized carbons (Fsp3) is 0.462. The van der Waals surface area contributed by atoms with Crippen LogP contribution in [0.15, 0.2) is 24.3 Å². The largest absolute Gasteiger partial charge is 0.380 e. The first kappa shape index (κ1) is 11.9. The molecule has 3 N–H and O–H groups in total. The van der Waals surface area contributed by atoms with E-state index in [0.717, 1.165) is 37.3 Å². The third-order valence-electron chi connectivity index (χ3n) is 2.86. The lowest BCUT2D eigenvalue weighted by atomic mass is 10.1. The van der Waals surface area contributed by atoms with Gasteiger partial charge in [-0.3, -0.25) is 4.79 Å². The third kappa shape index (κ3) is 3.75. The zero-order valence-corrected chi connectivity index (χ0v) is 9.82. The molecule has 1 unspecified atom stereocenters. The van der Waals surface area contributed by atoms with Gasteiger partial charge in [0, 0.05) is 18.3 Å². The lowest BCUT2D eigenvalue weighted by molar-refractivity contribution is -0.117. The van der Waals surface area contributed by atoms with Crippen LogP contribution in [0.2, 0.25) is 0 Å². The molecule has 0 radical (unpaired) electrons. The number of nitrogens with two attached hydrogens (primary N) is 1. The molecule has 0 spiro atoms. The molecule has 1 amide bonds. The van der Waals surface area contributed by atoms with Crippen LogP contribution in [-0.2, 0) is 16.0 Å². The van der Waals surface area contributed by atoms with Crippen molar-refractivity contribution in [3.63, 3.8) is 0 Å². The topological polar surface area (TPSA) is 64.4 Å². The van der Waals surface area contributed by atoms with E-state index in [1.807, 2.05) is 24.3 Å². The van der Waals surface area contributed by atoms with Crippen LogP contribution in [0.5, 0.6) is 0 Å². The van der Waals surface area contributed by atoms with Gasteiger partial charge in [-0.15, -0.1) is 0 Å². The molecule has 4 heteroatoms. The highest BCUT2D eigenvalue weighted by atomic mass is 16.5. The van der Waals surface area contributed by atoms with Crippen LogP contribution < -0.4 is 11.1 Å². The smallest absolute Gasteiger partial charge is 0.221 e. The molecule has 1 atom stereocenters. The van der Waals surface area contributed by atoms with Crippen molar-refractivity contribution in [2.45, 2.75) is 25.3 Å². The fourth-order valence-corrected chi connectivity index (χ4v) is 2.01. The molecule has 1 aliphatic heterocycles. The van der Waals surface area contributed by atoms with Gasteiger partial charge in [0.25, 0.3) is 0 Å². The lowest BCUT2D eigenvalue weighted by Gasteiger charge is -2.24. The van der Waals surface area contributed by atoms with Gasteiger partial charge in [-0.1, -0.05) is 12.1 Å². The number of carbonyl (C=O) groups is 1. The van der Waals surface area contributed by atoms with Gasteiger partial charge in [0.05, 0.1) is 13.0 Å². The average Bonchev–Trinajstić information content (AvgIpc) is 2.32. The van der Waals surface area contributed by atoms with Crippen LogP contribution >= 0.6 is 0 Å². The number of nitrogens with one attached hydrogen (secondary N) is 1. The molecular formula is C13H18N2O2. The Labute approximate surface area is 101 Å². The molecule has 1 aliphatic rings. The standard InChI is InChI=1S/C13H18N2O2/c14-13(16)8-10-3-5-11(6-4-10)15-12-2-1-7-17-9-12/h3-6,12,15H,1-2,7-9H2,(H2,14,16). The minimum Gasteiger partial charge on any atom is -0.380 e. The number of hydrogen-bond acceptors (Lipinski definition) is 3. The highest BCUT2D eigenvalue weighted by Crippen LogP contribution is 2.15. The Balaban J connectivity index is 1.90. The van der Waals surface area contributed by atoms with E-state index in [9.17, 15) is 4.79 Å². The summed E-state index contributed by atoms with van der Waals surface area (Å²) in [5.74, 6) is -0.300. The first-order valence-electron chi connectivity index (χ1n) is 5.95. The van der Waals surface area contributed by atoms with Crippen molar-refractivity contribution in [2.75, 3.05) is 18.5 Å². The van der Waals surface area contributed by atoms with E-state index >= 15 is 0 Å². The number of rotatable bonds is 4. The zero-order chi connectivity index (χ0) is 12.1. The maximum Gasteiger partial charge on any atom is 0.221 e. The van der Waals surface area contributed by atoms with Crippen molar-refractivity contribution in [2.24, 2.45) is 5.73 Å². The fourth-order valence-electron chi connectivity index (χ4n) is 2.01. The molecule has 1 saturated heterocycles. The highest BCUT2D eigenvalue weighted by molar-refractivity contribution is 5.76. The van der Waals surface area contributed by atoms with Gasteiger partial charge >= 0.3 is 0 Å². The summed E-state index contributed by atoms with van der Waals surface area (Å²) in [5, 5.41) is 3.42. The summed E-state index contributed by atoms with van der Waals surface area (Å²) in [6.07, 6.45) is 2.55. The molecule has 0 bridgehead atoms. The molecule has 1 aromatic rings. The van der Waals surface area contributed by atoms with Crippen LogP contribution in [0.3, 0.4) is 0 Å². The van der Waals surface area contributed by atoms with Crippen molar-refractivity contribution in [3.05, 3.63) is 29.8 Å². The number of hydrogen-bond donors (Lipinski definition) is 2. The lowest BCUT2D eigenvalue weighted by Crippen LogP contribution is -2.29. The van der Waals surface area contributed by atoms with E-state index in [-0.39, 0.29) is 5.91 Å². The summed E-state index contributed by atoms with van der Waals surface area (Å²) in [7, 11) is 0. The number of ether oxygens (including phenoxy) is 1. The number of primary amides is 1. The van der Waals surface area contributed by atoms with E-state index < -0.39 is 0 Å². The Hall–Kier alpha value is -1.55. The predicted octanol–water partition coefficient (Wildman–Crippen LogP) is 1.31. The van der Waals surface area contributed by atoms with Gasteiger partial charge in [-0.25, -0.2) is 0 Å². The summed E-state index contributed by atoms with van der Waals surface area (Å²) in [6, 6.07) is 8.21. The van der Waals surface area contributed by atoms with Crippen LogP contribution in [-0.4, -0.2) is 25.2 Å². The van der Waals surface area contributed by atoms with Crippen LogP contribution in [0.25, 0.3) is 0 Å². The first-order chi connectivity index (χ1) is 8.24. The molecule has 0 aromatic heterocycles. The minimum atomic E-state index is -0.300. The maximum atomic E-state index is 10.8. The summed E-state index contributed by atoms with van der Waals surface area (Å²) < 4.78 is 5.41. The summed E-state index contributed by atoms with van der Waals surface area (Å²) >= 11 is 0. The van der Waals surface area contributed by atoms with Crippen LogP contribution in [0.4, 0.5) is 5.69 Å². The molecule has 2 rings (SSSR count). The van der Waals surface area contributed by atoms with Gasteiger partial charge in [0.1, 0.15) is 0 Å². The van der Waals surface area contributed by atoms with E-state index in [1.54, 1.807) is 0 Å². The third-order valence-corrected chi connectivity index (χ3v) is 2.86. The zero-order valence-electron chi connectivity index (χ0n) is 9.82. The van der Waals surface area contributed by atoms with E-state index in [4.69, 9.17) is 10.5 Å². The van der Waals surface area contributed by atoms with Crippen molar-refractivity contribution >= 4 is 11.6 Å². The number of amides is 1. The second kappa shape index (κ2) is 5.68. The molecular weight excluding hydrogens is 216 g/mol. The molecule has 0 aliphatic carbocycles. The van der Waals surface area contributed by atoms with Crippen molar-refractivity contribution in [3.8, 4) is 0 Å². The second-order valence-corrected chi connectivity index (χ2v) is 4.40. The van der Waals surface area contributed by atoms with E-state index in [2.05, 4.69) is 5.32 Å². The normalized spacial score (nSPS) is 19.9. The van der Waals surface area contributed by atoms with Crippen molar-refractivity contribution in [1.29, 1.82) is 0 Å². The van der Waals surface area contributed by atoms with E-state index in [1.165, 1.54) is 0 Å². The highest BCUT2D eigenvalue weighted by Gasteiger charge is 2.13. The summed E-state index contributed by atoms with van der Waals surface area (Å²) in [6.45, 7) is 1.64.